The number of carbonyl (C=O) groups excluding carboxylic acids is 3. The number of rotatable bonds is 43. The SMILES string of the molecule is CC(C)(C)OC(=O)N[C@@H](C[C@H](CCCC(=O)Nc1ccc(N=Nc2ccc(NCCNC(=O)CCOCCOCCOCCOCCOCCOCCOCCOCCN=[N+]=[N-])cc2)cc1)C(=O)O)C(=O)O. The number of benzene rings is 2. The fourth-order valence-electron chi connectivity index (χ4n) is 5.86. The summed E-state index contributed by atoms with van der Waals surface area (Å²) < 4.78 is 48.5. The van der Waals surface area contributed by atoms with Crippen molar-refractivity contribution in [3.8, 4) is 0 Å². The van der Waals surface area contributed by atoms with Gasteiger partial charge in [0.15, 0.2) is 0 Å². The van der Waals surface area contributed by atoms with Crippen LogP contribution in [0.15, 0.2) is 63.9 Å². The number of carboxylic acid groups (broad SMARTS) is 2. The molecule has 2 atom stereocenters. The zero-order chi connectivity index (χ0) is 52.5. The van der Waals surface area contributed by atoms with Crippen LogP contribution in [0.5, 0.6) is 0 Å². The van der Waals surface area contributed by atoms with E-state index in [2.05, 4.69) is 41.5 Å². The average molecular weight is 1020 g/mol. The second-order valence-corrected chi connectivity index (χ2v) is 16.4. The molecule has 0 aliphatic rings. The third-order valence-electron chi connectivity index (χ3n) is 9.37. The molecule has 0 bridgehead atoms. The van der Waals surface area contributed by atoms with Crippen molar-refractivity contribution in [3.63, 3.8) is 0 Å². The lowest BCUT2D eigenvalue weighted by molar-refractivity contribution is -0.144. The van der Waals surface area contributed by atoms with Gasteiger partial charge in [0.25, 0.3) is 0 Å². The standard InChI is InChI=1S/C47H73N9O16/c1-47(2,3)72-46(63)53-41(45(61)62)35-36(44(59)60)5-4-6-43(58)52-38-9-13-40(14-10-38)55-54-39-11-7-37(8-12-39)49-16-17-50-42(57)15-19-64-21-23-66-25-27-68-29-31-70-33-34-71-32-30-69-28-26-67-24-22-65-20-18-51-56-48/h7-14,36,41,49H,4-6,15-35H2,1-3H3,(H,50,57)(H,52,58)(H,53,63)(H,59,60)(H,61,62)/t36-,41-/m0/s1. The van der Waals surface area contributed by atoms with Crippen molar-refractivity contribution in [2.75, 3.05) is 136 Å². The van der Waals surface area contributed by atoms with Crippen LogP contribution < -0.4 is 21.3 Å². The normalized spacial score (nSPS) is 12.2. The summed E-state index contributed by atoms with van der Waals surface area (Å²) in [4.78, 5) is 63.0. The van der Waals surface area contributed by atoms with Crippen molar-refractivity contribution >= 4 is 52.6 Å². The van der Waals surface area contributed by atoms with Gasteiger partial charge in [0.05, 0.1) is 123 Å². The summed E-state index contributed by atoms with van der Waals surface area (Å²) in [5.41, 5.74) is 9.79. The second kappa shape index (κ2) is 39.6. The molecule has 0 radical (unpaired) electrons. The smallest absolute Gasteiger partial charge is 0.408 e. The molecule has 0 unspecified atom stereocenters. The number of ether oxygens (including phenoxy) is 9. The molecule has 402 valence electrons. The van der Waals surface area contributed by atoms with Crippen LogP contribution in [0.25, 0.3) is 10.4 Å². The van der Waals surface area contributed by atoms with E-state index in [4.69, 9.17) is 48.2 Å². The molecule has 0 saturated heterocycles. The molecule has 0 saturated carbocycles. The molecule has 0 aliphatic heterocycles. The third-order valence-corrected chi connectivity index (χ3v) is 9.37. The van der Waals surface area contributed by atoms with E-state index in [1.807, 2.05) is 12.1 Å². The molecule has 0 aliphatic carbocycles. The second-order valence-electron chi connectivity index (χ2n) is 16.4. The van der Waals surface area contributed by atoms with Crippen LogP contribution in [-0.4, -0.2) is 177 Å². The Morgan fingerprint density at radius 3 is 1.50 bits per heavy atom. The first kappa shape index (κ1) is 62.1. The Morgan fingerprint density at radius 1 is 0.597 bits per heavy atom. The van der Waals surface area contributed by atoms with Crippen molar-refractivity contribution in [2.45, 2.75) is 64.5 Å². The largest absolute Gasteiger partial charge is 0.481 e. The minimum absolute atomic E-state index is 0.00645. The average Bonchev–Trinajstić information content (AvgIpc) is 3.34. The van der Waals surface area contributed by atoms with Gasteiger partial charge in [-0.25, -0.2) is 9.59 Å². The number of alkyl carbamates (subject to hydrolysis) is 1. The number of azo groups is 1. The number of nitrogens with zero attached hydrogens (tertiary/aromatic N) is 5. The van der Waals surface area contributed by atoms with Crippen LogP contribution in [0.1, 0.15) is 52.9 Å². The number of nitrogens with one attached hydrogen (secondary N) is 4. The number of carboxylic acids is 2. The quantitative estimate of drug-likeness (QED) is 0.0202. The van der Waals surface area contributed by atoms with Gasteiger partial charge in [-0.2, -0.15) is 10.2 Å². The molecule has 2 aromatic carbocycles. The van der Waals surface area contributed by atoms with Gasteiger partial charge in [-0.3, -0.25) is 14.4 Å². The molecule has 2 rings (SSSR count). The fourth-order valence-corrected chi connectivity index (χ4v) is 5.86. The summed E-state index contributed by atoms with van der Waals surface area (Å²) in [7, 11) is 0. The number of carbonyl (C=O) groups is 5. The first-order valence-corrected chi connectivity index (χ1v) is 23.8. The molecular weight excluding hydrogens is 947 g/mol. The predicted octanol–water partition coefficient (Wildman–Crippen LogP) is 5.64. The Balaban J connectivity index is 1.44. The molecule has 2 aromatic rings. The maximum Gasteiger partial charge on any atom is 0.408 e. The van der Waals surface area contributed by atoms with Crippen molar-refractivity contribution < 1.29 is 76.8 Å². The van der Waals surface area contributed by atoms with Gasteiger partial charge in [0.1, 0.15) is 11.6 Å². The van der Waals surface area contributed by atoms with Gasteiger partial charge in [0, 0.05) is 48.8 Å². The number of hydrogen-bond acceptors (Lipinski definition) is 18. The number of aliphatic carboxylic acids is 2. The van der Waals surface area contributed by atoms with Crippen LogP contribution in [0.2, 0.25) is 0 Å². The van der Waals surface area contributed by atoms with Crippen molar-refractivity contribution in [3.05, 3.63) is 59.0 Å². The van der Waals surface area contributed by atoms with E-state index >= 15 is 0 Å². The molecule has 6 N–H and O–H groups in total. The summed E-state index contributed by atoms with van der Waals surface area (Å²) in [5.74, 6) is -4.22. The summed E-state index contributed by atoms with van der Waals surface area (Å²) >= 11 is 0. The van der Waals surface area contributed by atoms with Gasteiger partial charge in [-0.15, -0.1) is 0 Å². The zero-order valence-electron chi connectivity index (χ0n) is 41.6. The maximum atomic E-state index is 12.6. The molecule has 0 aromatic heterocycles. The lowest BCUT2D eigenvalue weighted by atomic mass is 9.94. The maximum absolute atomic E-state index is 12.6. The molecule has 25 nitrogen and oxygen atoms in total. The van der Waals surface area contributed by atoms with Crippen molar-refractivity contribution in [2.24, 2.45) is 21.3 Å². The van der Waals surface area contributed by atoms with Gasteiger partial charge in [-0.05, 0) is 94.1 Å². The molecule has 25 heteroatoms. The van der Waals surface area contributed by atoms with E-state index in [0.717, 1.165) is 5.69 Å². The highest BCUT2D eigenvalue weighted by Crippen LogP contribution is 2.23. The van der Waals surface area contributed by atoms with E-state index in [0.29, 0.717) is 136 Å². The first-order chi connectivity index (χ1) is 34.8. The Bertz CT molecular complexity index is 1900. The van der Waals surface area contributed by atoms with Crippen LogP contribution in [0, 0.1) is 5.92 Å². The minimum Gasteiger partial charge on any atom is -0.481 e. The van der Waals surface area contributed by atoms with E-state index in [1.165, 1.54) is 0 Å². The first-order valence-electron chi connectivity index (χ1n) is 23.8. The number of amides is 3. The topological polar surface area (TPSA) is 330 Å². The zero-order valence-corrected chi connectivity index (χ0v) is 41.6. The highest BCUT2D eigenvalue weighted by atomic mass is 16.6. The molecule has 0 fully saturated rings. The van der Waals surface area contributed by atoms with Crippen LogP contribution >= 0.6 is 0 Å². The Kier molecular flexibility index (Phi) is 34.1. The van der Waals surface area contributed by atoms with Crippen LogP contribution in [0.4, 0.5) is 27.5 Å². The van der Waals surface area contributed by atoms with Crippen molar-refractivity contribution in [1.29, 1.82) is 0 Å². The molecule has 72 heavy (non-hydrogen) atoms. The fraction of sp³-hybridized carbons (Fsp3) is 0.638. The van der Waals surface area contributed by atoms with E-state index < -0.39 is 35.6 Å². The Morgan fingerprint density at radius 2 is 1.06 bits per heavy atom. The van der Waals surface area contributed by atoms with E-state index in [-0.39, 0.29) is 50.5 Å². The van der Waals surface area contributed by atoms with Gasteiger partial charge < -0.3 is 74.1 Å². The summed E-state index contributed by atoms with van der Waals surface area (Å²) in [6, 6.07) is 12.4. The van der Waals surface area contributed by atoms with Crippen LogP contribution in [0.3, 0.4) is 0 Å². The predicted molar refractivity (Wildman–Crippen MR) is 263 cm³/mol. The summed E-state index contributed by atoms with van der Waals surface area (Å²) in [6.45, 7) is 12.8. The molecule has 3 amide bonds. The summed E-state index contributed by atoms with van der Waals surface area (Å²) in [6.07, 6.45) is -0.931. The molecule has 0 heterocycles. The highest BCUT2D eigenvalue weighted by Gasteiger charge is 2.30. The summed E-state index contributed by atoms with van der Waals surface area (Å²) in [5, 5.41) is 42.1. The Hall–Kier alpha value is -6.02. The molecular formula is C47H73N9O16. The van der Waals surface area contributed by atoms with Crippen molar-refractivity contribution in [1.82, 2.24) is 10.6 Å². The minimum atomic E-state index is -1.48. The van der Waals surface area contributed by atoms with Crippen LogP contribution in [-0.2, 0) is 61.8 Å². The van der Waals surface area contributed by atoms with Gasteiger partial charge >= 0.3 is 18.0 Å². The van der Waals surface area contributed by atoms with E-state index in [9.17, 15) is 34.2 Å². The van der Waals surface area contributed by atoms with Gasteiger partial charge in [-0.1, -0.05) is 5.11 Å². The monoisotopic (exact) mass is 1020 g/mol. The lowest BCUT2D eigenvalue weighted by Gasteiger charge is -2.23. The number of azide groups is 1. The molecule has 0 spiro atoms. The van der Waals surface area contributed by atoms with Gasteiger partial charge in [0.2, 0.25) is 11.8 Å². The number of anilines is 2. The lowest BCUT2D eigenvalue weighted by Crippen LogP contribution is -2.45. The third kappa shape index (κ3) is 34.3. The highest BCUT2D eigenvalue weighted by molar-refractivity contribution is 5.90. The van der Waals surface area contributed by atoms with E-state index in [1.54, 1.807) is 57.2 Å². The number of hydrogen-bond donors (Lipinski definition) is 6. The Labute approximate surface area is 419 Å².